The Morgan fingerprint density at radius 2 is 1.50 bits per heavy atom. The second-order valence-corrected chi connectivity index (χ2v) is 7.35. The van der Waals surface area contributed by atoms with Gasteiger partial charge in [0, 0.05) is 17.3 Å². The maximum Gasteiger partial charge on any atom is 0.270 e. The zero-order valence-electron chi connectivity index (χ0n) is 14.2. The molecule has 0 bridgehead atoms. The first kappa shape index (κ1) is 18.2. The molecule has 1 aromatic heterocycles. The van der Waals surface area contributed by atoms with E-state index in [9.17, 15) is 9.35 Å². The molecule has 1 amide bonds. The highest BCUT2D eigenvalue weighted by Gasteiger charge is 2.28. The average molecular weight is 364 g/mol. The van der Waals surface area contributed by atoms with Crippen LogP contribution in [0.4, 0.5) is 0 Å². The van der Waals surface area contributed by atoms with E-state index in [4.69, 9.17) is 0 Å². The topological polar surface area (TPSA) is 65.0 Å². The Morgan fingerprint density at radius 1 is 0.923 bits per heavy atom. The van der Waals surface area contributed by atoms with E-state index in [1.807, 2.05) is 78.9 Å². The quantitative estimate of drug-likeness (QED) is 0.655. The minimum Gasteiger partial charge on any atom is -0.615 e. The van der Waals surface area contributed by atoms with Crippen LogP contribution in [0.25, 0.3) is 0 Å². The Morgan fingerprint density at radius 3 is 2.04 bits per heavy atom. The molecule has 0 aliphatic carbocycles. The number of aromatic nitrogens is 1. The number of benzene rings is 2. The summed E-state index contributed by atoms with van der Waals surface area (Å²) in [4.78, 5) is 16.4. The minimum absolute atomic E-state index is 0.0543. The van der Waals surface area contributed by atoms with E-state index < -0.39 is 11.2 Å². The lowest BCUT2D eigenvalue weighted by atomic mass is 10.0. The highest BCUT2D eigenvalue weighted by molar-refractivity contribution is 7.92. The lowest BCUT2D eigenvalue weighted by Gasteiger charge is -2.22. The van der Waals surface area contributed by atoms with Crippen LogP contribution in [0.1, 0.15) is 22.1 Å². The van der Waals surface area contributed by atoms with Gasteiger partial charge in [0.25, 0.3) is 5.91 Å². The monoisotopic (exact) mass is 364 g/mol. The van der Waals surface area contributed by atoms with Gasteiger partial charge in [-0.25, -0.2) is 0 Å². The maximum atomic E-state index is 13.0. The van der Waals surface area contributed by atoms with Gasteiger partial charge in [-0.05, 0) is 23.3 Å². The lowest BCUT2D eigenvalue weighted by molar-refractivity contribution is -0.118. The zero-order valence-corrected chi connectivity index (χ0v) is 15.1. The third-order valence-electron chi connectivity index (χ3n) is 3.93. The molecule has 1 atom stereocenters. The van der Waals surface area contributed by atoms with Crippen molar-refractivity contribution in [2.24, 2.45) is 0 Å². The van der Waals surface area contributed by atoms with E-state index in [1.54, 1.807) is 6.20 Å². The van der Waals surface area contributed by atoms with Gasteiger partial charge < -0.3 is 9.87 Å². The molecule has 5 heteroatoms. The third kappa shape index (κ3) is 4.94. The molecule has 0 radical (unpaired) electrons. The van der Waals surface area contributed by atoms with Crippen LogP contribution in [0.2, 0.25) is 0 Å². The summed E-state index contributed by atoms with van der Waals surface area (Å²) in [7, 11) is 0. The Kier molecular flexibility index (Phi) is 6.41. The largest absolute Gasteiger partial charge is 0.615 e. The number of rotatable bonds is 7. The van der Waals surface area contributed by atoms with Gasteiger partial charge in [-0.3, -0.25) is 9.78 Å². The van der Waals surface area contributed by atoms with Crippen molar-refractivity contribution < 1.29 is 9.35 Å². The predicted molar refractivity (Wildman–Crippen MR) is 104 cm³/mol. The van der Waals surface area contributed by atoms with Gasteiger partial charge in [-0.2, -0.15) is 0 Å². The van der Waals surface area contributed by atoms with Crippen LogP contribution in [0.5, 0.6) is 0 Å². The molecule has 0 aliphatic heterocycles. The SMILES string of the molecule is O=C(C[S+]([O-])C(c1ccccc1)c1ccccc1)NCc1ccccn1. The maximum absolute atomic E-state index is 13.0. The second kappa shape index (κ2) is 9.17. The standard InChI is InChI=1S/C21H20N2O2S/c24-20(23-15-19-13-7-8-14-22-19)16-26(25)21(17-9-3-1-4-10-17)18-11-5-2-6-12-18/h1-14,21H,15-16H2,(H,23,24). The van der Waals surface area contributed by atoms with Crippen molar-refractivity contribution in [3.8, 4) is 0 Å². The molecule has 132 valence electrons. The molecule has 1 unspecified atom stereocenters. The molecule has 0 saturated carbocycles. The molecule has 4 nitrogen and oxygen atoms in total. The fourth-order valence-corrected chi connectivity index (χ4v) is 4.16. The van der Waals surface area contributed by atoms with Gasteiger partial charge in [-0.15, -0.1) is 0 Å². The number of hydrogen-bond donors (Lipinski definition) is 1. The molecular formula is C21H20N2O2S. The van der Waals surface area contributed by atoms with Crippen molar-refractivity contribution >= 4 is 17.1 Å². The fraction of sp³-hybridized carbons (Fsp3) is 0.143. The van der Waals surface area contributed by atoms with Crippen molar-refractivity contribution in [3.05, 3.63) is 102 Å². The van der Waals surface area contributed by atoms with Crippen molar-refractivity contribution in [2.45, 2.75) is 11.8 Å². The molecule has 1 N–H and O–H groups in total. The highest BCUT2D eigenvalue weighted by Crippen LogP contribution is 2.30. The van der Waals surface area contributed by atoms with Crippen molar-refractivity contribution in [2.75, 3.05) is 5.75 Å². The smallest absolute Gasteiger partial charge is 0.270 e. The van der Waals surface area contributed by atoms with E-state index in [0.717, 1.165) is 16.8 Å². The van der Waals surface area contributed by atoms with Crippen molar-refractivity contribution in [1.29, 1.82) is 0 Å². The van der Waals surface area contributed by atoms with E-state index in [0.29, 0.717) is 6.54 Å². The Bertz CT molecular complexity index is 774. The minimum atomic E-state index is -1.38. The fourth-order valence-electron chi connectivity index (χ4n) is 2.71. The molecule has 2 aromatic carbocycles. The van der Waals surface area contributed by atoms with Crippen LogP contribution >= 0.6 is 0 Å². The molecule has 0 fully saturated rings. The van der Waals surface area contributed by atoms with Gasteiger partial charge in [0.2, 0.25) is 0 Å². The number of amides is 1. The number of nitrogens with zero attached hydrogens (tertiary/aromatic N) is 1. The summed E-state index contributed by atoms with van der Waals surface area (Å²) in [5, 5.41) is 2.46. The summed E-state index contributed by atoms with van der Waals surface area (Å²) >= 11 is -1.38. The Labute approximate surface area is 156 Å². The van der Waals surface area contributed by atoms with Crippen molar-refractivity contribution in [3.63, 3.8) is 0 Å². The van der Waals surface area contributed by atoms with E-state index in [1.165, 1.54) is 0 Å². The molecule has 0 spiro atoms. The summed E-state index contributed by atoms with van der Waals surface area (Å²) in [5.41, 5.74) is 2.65. The van der Waals surface area contributed by atoms with Crippen LogP contribution in [0.3, 0.4) is 0 Å². The van der Waals surface area contributed by atoms with Crippen LogP contribution in [-0.2, 0) is 22.5 Å². The van der Waals surface area contributed by atoms with Crippen LogP contribution in [0.15, 0.2) is 85.1 Å². The molecule has 0 aliphatic rings. The average Bonchev–Trinajstić information content (AvgIpc) is 2.69. The normalized spacial score (nSPS) is 11.9. The van der Waals surface area contributed by atoms with E-state index >= 15 is 0 Å². The Hall–Kier alpha value is -2.63. The van der Waals surface area contributed by atoms with Gasteiger partial charge in [0.15, 0.2) is 11.0 Å². The molecule has 1 heterocycles. The summed E-state index contributed by atoms with van der Waals surface area (Å²) in [5.74, 6) is -0.299. The van der Waals surface area contributed by atoms with Crippen molar-refractivity contribution in [1.82, 2.24) is 10.3 Å². The number of carbonyl (C=O) groups is 1. The number of hydrogen-bond acceptors (Lipinski definition) is 3. The van der Waals surface area contributed by atoms with Gasteiger partial charge in [0.05, 0.1) is 12.2 Å². The van der Waals surface area contributed by atoms with Gasteiger partial charge >= 0.3 is 0 Å². The third-order valence-corrected chi connectivity index (χ3v) is 5.55. The first-order valence-corrected chi connectivity index (χ1v) is 9.76. The molecule has 3 aromatic rings. The summed E-state index contributed by atoms with van der Waals surface area (Å²) < 4.78 is 13.0. The number of nitrogens with one attached hydrogen (secondary N) is 1. The van der Waals surface area contributed by atoms with E-state index in [-0.39, 0.29) is 16.9 Å². The van der Waals surface area contributed by atoms with Gasteiger partial charge in [-0.1, -0.05) is 66.7 Å². The second-order valence-electron chi connectivity index (χ2n) is 5.82. The highest BCUT2D eigenvalue weighted by atomic mass is 32.2. The molecule has 3 rings (SSSR count). The van der Waals surface area contributed by atoms with E-state index in [2.05, 4.69) is 10.3 Å². The number of pyridine rings is 1. The first-order chi connectivity index (χ1) is 12.7. The molecule has 26 heavy (non-hydrogen) atoms. The zero-order chi connectivity index (χ0) is 18.2. The predicted octanol–water partition coefficient (Wildman–Crippen LogP) is 3.24. The molecular weight excluding hydrogens is 344 g/mol. The van der Waals surface area contributed by atoms with Gasteiger partial charge in [0.1, 0.15) is 0 Å². The molecule has 0 saturated heterocycles. The summed E-state index contributed by atoms with van der Waals surface area (Å²) in [6, 6.07) is 24.8. The summed E-state index contributed by atoms with van der Waals surface area (Å²) in [6.45, 7) is 0.332. The lowest BCUT2D eigenvalue weighted by Crippen LogP contribution is -2.32. The first-order valence-electron chi connectivity index (χ1n) is 8.38. The van der Waals surface area contributed by atoms with Crippen LogP contribution < -0.4 is 5.32 Å². The Balaban J connectivity index is 1.69. The number of carbonyl (C=O) groups excluding carboxylic acids is 1. The van der Waals surface area contributed by atoms with Crippen LogP contribution in [0, 0.1) is 0 Å². The van der Waals surface area contributed by atoms with Crippen LogP contribution in [-0.4, -0.2) is 21.2 Å². The summed E-state index contributed by atoms with van der Waals surface area (Å²) in [6.07, 6.45) is 1.68.